The second-order valence-corrected chi connectivity index (χ2v) is 11.2. The summed E-state index contributed by atoms with van der Waals surface area (Å²) in [5.74, 6) is -2.99. The van der Waals surface area contributed by atoms with Crippen LogP contribution >= 0.6 is 12.4 Å². The van der Waals surface area contributed by atoms with Gasteiger partial charge in [-0.3, -0.25) is 19.2 Å². The lowest BCUT2D eigenvalue weighted by Crippen LogP contribution is -2.50. The van der Waals surface area contributed by atoms with E-state index in [2.05, 4.69) is 10.6 Å². The minimum absolute atomic E-state index is 0. The summed E-state index contributed by atoms with van der Waals surface area (Å²) in [7, 11) is 0. The molecule has 3 aromatic rings. The van der Waals surface area contributed by atoms with Crippen molar-refractivity contribution in [1.82, 2.24) is 5.32 Å². The summed E-state index contributed by atoms with van der Waals surface area (Å²) in [5.41, 5.74) is -2.19. The minimum Gasteiger partial charge on any atom is -0.480 e. The fraction of sp³-hybridized carbons (Fsp3) is 0.333. The lowest BCUT2D eigenvalue weighted by atomic mass is 9.90. The van der Waals surface area contributed by atoms with E-state index >= 15 is 0 Å². The quantitative estimate of drug-likeness (QED) is 0.115. The minimum atomic E-state index is -6.31. The van der Waals surface area contributed by atoms with Gasteiger partial charge in [-0.1, -0.05) is 36.4 Å². The van der Waals surface area contributed by atoms with Crippen molar-refractivity contribution in [2.75, 3.05) is 23.3 Å². The highest BCUT2D eigenvalue weighted by atomic mass is 35.5. The zero-order chi connectivity index (χ0) is 36.7. The Morgan fingerprint density at radius 3 is 1.94 bits per heavy atom. The molecule has 50 heavy (non-hydrogen) atoms. The first-order valence-corrected chi connectivity index (χ1v) is 14.8. The topological polar surface area (TPSA) is 142 Å². The lowest BCUT2D eigenvalue weighted by molar-refractivity contribution is -0.348. The van der Waals surface area contributed by atoms with Gasteiger partial charge in [0.1, 0.15) is 6.04 Å². The predicted octanol–water partition coefficient (Wildman–Crippen LogP) is 6.61. The SMILES string of the molecule is Cc1cc(C(F)(C(F)(F)F)C(F)(F)F)cc(C)c1NC(=O)c1cccc(N(CCC(=O)NCCCC(N)C(=O)O)C(=O)c2ccccc2)c1.Cl. The number of anilines is 2. The average Bonchev–Trinajstić information content (AvgIpc) is 3.03. The molecule has 0 bridgehead atoms. The van der Waals surface area contributed by atoms with Crippen LogP contribution < -0.4 is 21.3 Å². The molecule has 0 aliphatic carbocycles. The number of rotatable bonds is 13. The zero-order valence-electron chi connectivity index (χ0n) is 26.6. The van der Waals surface area contributed by atoms with Crippen LogP contribution in [-0.4, -0.2) is 60.3 Å². The molecular weight excluding hydrogens is 701 g/mol. The van der Waals surface area contributed by atoms with E-state index in [9.17, 15) is 49.9 Å². The first-order valence-electron chi connectivity index (χ1n) is 14.8. The van der Waals surface area contributed by atoms with E-state index in [1.54, 1.807) is 18.2 Å². The number of hydrogen-bond donors (Lipinski definition) is 4. The summed E-state index contributed by atoms with van der Waals surface area (Å²) in [6.45, 7) is 2.21. The number of halogens is 8. The van der Waals surface area contributed by atoms with Crippen molar-refractivity contribution >= 4 is 47.5 Å². The second kappa shape index (κ2) is 16.8. The van der Waals surface area contributed by atoms with Gasteiger partial charge in [-0.2, -0.15) is 26.3 Å². The van der Waals surface area contributed by atoms with Crippen molar-refractivity contribution in [3.05, 3.63) is 94.5 Å². The number of aryl methyl sites for hydroxylation is 2. The molecule has 0 fully saturated rings. The normalized spacial score (nSPS) is 12.4. The number of carbonyl (C=O) groups excluding carboxylic acids is 3. The molecule has 0 aliphatic rings. The molecule has 3 aromatic carbocycles. The summed E-state index contributed by atoms with van der Waals surface area (Å²) in [5, 5.41) is 13.9. The number of nitrogens with zero attached hydrogens (tertiary/aromatic N) is 1. The molecule has 5 N–H and O–H groups in total. The van der Waals surface area contributed by atoms with Crippen molar-refractivity contribution in [1.29, 1.82) is 0 Å². The van der Waals surface area contributed by atoms with Crippen LogP contribution in [-0.2, 0) is 15.3 Å². The number of carboxylic acid groups (broad SMARTS) is 1. The van der Waals surface area contributed by atoms with Gasteiger partial charge in [0.15, 0.2) is 0 Å². The van der Waals surface area contributed by atoms with E-state index in [1.807, 2.05) is 0 Å². The number of amides is 3. The lowest BCUT2D eigenvalue weighted by Gasteiger charge is -2.31. The fourth-order valence-corrected chi connectivity index (χ4v) is 4.91. The first kappa shape index (κ1) is 41.5. The van der Waals surface area contributed by atoms with Crippen molar-refractivity contribution in [2.24, 2.45) is 5.73 Å². The van der Waals surface area contributed by atoms with Crippen LogP contribution in [0.3, 0.4) is 0 Å². The molecule has 0 aromatic heterocycles. The third kappa shape index (κ3) is 9.72. The summed E-state index contributed by atoms with van der Waals surface area (Å²) in [6, 6.07) is 13.2. The Hall–Kier alpha value is -4.70. The molecule has 1 unspecified atom stereocenters. The van der Waals surface area contributed by atoms with Crippen LogP contribution in [0.4, 0.5) is 42.1 Å². The molecule has 0 saturated carbocycles. The molecule has 0 spiro atoms. The number of nitrogens with one attached hydrogen (secondary N) is 2. The van der Waals surface area contributed by atoms with E-state index in [-0.39, 0.29) is 72.0 Å². The van der Waals surface area contributed by atoms with Crippen LogP contribution in [0.2, 0.25) is 0 Å². The molecule has 9 nitrogen and oxygen atoms in total. The number of hydrogen-bond acceptors (Lipinski definition) is 5. The number of alkyl halides is 7. The molecule has 272 valence electrons. The van der Waals surface area contributed by atoms with E-state index < -0.39 is 53.3 Å². The van der Waals surface area contributed by atoms with Crippen molar-refractivity contribution < 1.29 is 55.0 Å². The molecule has 17 heteroatoms. The van der Waals surface area contributed by atoms with Gasteiger partial charge < -0.3 is 26.4 Å². The van der Waals surface area contributed by atoms with Crippen LogP contribution in [0.1, 0.15) is 56.7 Å². The second-order valence-electron chi connectivity index (χ2n) is 11.2. The predicted molar refractivity (Wildman–Crippen MR) is 173 cm³/mol. The van der Waals surface area contributed by atoms with Crippen LogP contribution in [0, 0.1) is 13.8 Å². The Bertz CT molecular complexity index is 1650. The molecule has 0 saturated heterocycles. The monoisotopic (exact) mass is 734 g/mol. The summed E-state index contributed by atoms with van der Waals surface area (Å²) >= 11 is 0. The van der Waals surface area contributed by atoms with Gasteiger partial charge in [0, 0.05) is 47.6 Å². The van der Waals surface area contributed by atoms with Crippen LogP contribution in [0.25, 0.3) is 0 Å². The fourth-order valence-electron chi connectivity index (χ4n) is 4.91. The summed E-state index contributed by atoms with van der Waals surface area (Å²) in [6.07, 6.45) is -12.4. The number of aliphatic carboxylic acids is 1. The van der Waals surface area contributed by atoms with E-state index in [4.69, 9.17) is 10.8 Å². The molecular formula is C33H34ClF7N4O5. The highest BCUT2D eigenvalue weighted by Gasteiger charge is 2.73. The summed E-state index contributed by atoms with van der Waals surface area (Å²) < 4.78 is 94.7. The Balaban J connectivity index is 0.00000867. The molecule has 0 radical (unpaired) electrons. The number of nitrogens with two attached hydrogens (primary N) is 1. The van der Waals surface area contributed by atoms with E-state index in [1.165, 1.54) is 41.3 Å². The Kier molecular flexibility index (Phi) is 13.9. The van der Waals surface area contributed by atoms with Crippen LogP contribution in [0.15, 0.2) is 66.7 Å². The molecule has 0 aliphatic heterocycles. The van der Waals surface area contributed by atoms with Gasteiger partial charge in [-0.05, 0) is 68.1 Å². The maximum atomic E-state index is 14.7. The highest BCUT2D eigenvalue weighted by Crippen LogP contribution is 2.53. The number of carboxylic acids is 1. The van der Waals surface area contributed by atoms with Crippen molar-refractivity contribution in [3.8, 4) is 0 Å². The maximum absolute atomic E-state index is 14.7. The largest absolute Gasteiger partial charge is 0.480 e. The van der Waals surface area contributed by atoms with Crippen molar-refractivity contribution in [3.63, 3.8) is 0 Å². The van der Waals surface area contributed by atoms with Gasteiger partial charge in [-0.15, -0.1) is 12.4 Å². The Morgan fingerprint density at radius 2 is 1.40 bits per heavy atom. The number of carbonyl (C=O) groups is 4. The zero-order valence-corrected chi connectivity index (χ0v) is 27.4. The van der Waals surface area contributed by atoms with E-state index in [0.717, 1.165) is 13.8 Å². The Labute approximate surface area is 288 Å². The molecule has 1 atom stereocenters. The third-order valence-corrected chi connectivity index (χ3v) is 7.53. The van der Waals surface area contributed by atoms with Gasteiger partial charge in [-0.25, -0.2) is 4.39 Å². The standard InChI is InChI=1S/C33H33F7N4O5.ClH/c1-19-16-23(31(34,32(35,36)37)33(38,39)40)17-20(2)27(19)43-28(46)22-10-6-11-24(18-22)44(29(47)21-8-4-3-5-9-21)15-13-26(45)42-14-7-12-25(41)30(48)49;/h3-6,8-11,16-18,25H,7,12-15,41H2,1-2H3,(H,42,45)(H,43,46)(H,48,49);1H. The van der Waals surface area contributed by atoms with E-state index in [0.29, 0.717) is 18.6 Å². The first-order chi connectivity index (χ1) is 22.8. The smallest absolute Gasteiger partial charge is 0.435 e. The summed E-state index contributed by atoms with van der Waals surface area (Å²) in [4.78, 5) is 51.4. The van der Waals surface area contributed by atoms with Gasteiger partial charge in [0.25, 0.3) is 11.8 Å². The van der Waals surface area contributed by atoms with Crippen LogP contribution in [0.5, 0.6) is 0 Å². The maximum Gasteiger partial charge on any atom is 0.435 e. The number of benzene rings is 3. The third-order valence-electron chi connectivity index (χ3n) is 7.53. The highest BCUT2D eigenvalue weighted by molar-refractivity contribution is 6.09. The molecule has 3 rings (SSSR count). The average molecular weight is 735 g/mol. The Morgan fingerprint density at radius 1 is 0.840 bits per heavy atom. The van der Waals surface area contributed by atoms with Crippen molar-refractivity contribution in [2.45, 2.75) is 57.2 Å². The van der Waals surface area contributed by atoms with Gasteiger partial charge in [0.2, 0.25) is 5.91 Å². The molecule has 0 heterocycles. The van der Waals surface area contributed by atoms with Gasteiger partial charge in [0.05, 0.1) is 0 Å². The van der Waals surface area contributed by atoms with Gasteiger partial charge >= 0.3 is 24.0 Å². The molecule has 3 amide bonds.